The Morgan fingerprint density at radius 3 is 2.65 bits per heavy atom. The van der Waals surface area contributed by atoms with E-state index in [0.29, 0.717) is 13.0 Å². The molecule has 1 aromatic carbocycles. The number of nitrogens with one attached hydrogen (secondary N) is 1. The number of hydrogen-bond acceptors (Lipinski definition) is 3. The average Bonchev–Trinajstić information content (AvgIpc) is 2.52. The third kappa shape index (κ3) is 3.88. The molecule has 1 heterocycles. The Bertz CT molecular complexity index is 614. The molecular formula is C17H22N2O4. The molecule has 2 amide bonds. The summed E-state index contributed by atoms with van der Waals surface area (Å²) in [5.41, 5.74) is 2.10. The molecule has 6 heteroatoms. The topological polar surface area (TPSA) is 86.7 Å². The van der Waals surface area contributed by atoms with E-state index in [9.17, 15) is 14.4 Å². The van der Waals surface area contributed by atoms with Gasteiger partial charge in [0, 0.05) is 13.5 Å². The number of carboxylic acid groups (broad SMARTS) is 1. The van der Waals surface area contributed by atoms with Gasteiger partial charge in [0.05, 0.1) is 12.5 Å². The van der Waals surface area contributed by atoms with Crippen molar-refractivity contribution in [1.82, 2.24) is 10.2 Å². The SMILES string of the molecule is CC[C@@H](NC(=O)C[C@@H]1c2ccccc2CCN1C(C)=O)C(=O)O. The lowest BCUT2D eigenvalue weighted by Crippen LogP contribution is -2.44. The first-order valence-electron chi connectivity index (χ1n) is 7.81. The number of amides is 2. The first-order chi connectivity index (χ1) is 10.9. The monoisotopic (exact) mass is 318 g/mol. The molecule has 1 aliphatic rings. The van der Waals surface area contributed by atoms with Crippen molar-refractivity contribution in [2.45, 2.75) is 45.2 Å². The van der Waals surface area contributed by atoms with Crippen molar-refractivity contribution < 1.29 is 19.5 Å². The second-order valence-corrected chi connectivity index (χ2v) is 5.75. The Balaban J connectivity index is 2.19. The molecule has 0 aromatic heterocycles. The molecule has 0 unspecified atom stereocenters. The average molecular weight is 318 g/mol. The second kappa shape index (κ2) is 7.26. The highest BCUT2D eigenvalue weighted by Crippen LogP contribution is 2.32. The molecule has 1 aromatic rings. The number of rotatable bonds is 5. The lowest BCUT2D eigenvalue weighted by Gasteiger charge is -2.36. The Labute approximate surface area is 135 Å². The molecule has 0 radical (unpaired) electrons. The summed E-state index contributed by atoms with van der Waals surface area (Å²) in [5, 5.41) is 11.6. The van der Waals surface area contributed by atoms with Gasteiger partial charge in [-0.3, -0.25) is 9.59 Å². The van der Waals surface area contributed by atoms with E-state index in [4.69, 9.17) is 5.11 Å². The van der Waals surface area contributed by atoms with E-state index in [-0.39, 0.29) is 24.3 Å². The van der Waals surface area contributed by atoms with Crippen LogP contribution in [0.3, 0.4) is 0 Å². The van der Waals surface area contributed by atoms with E-state index in [0.717, 1.165) is 17.5 Å². The molecular weight excluding hydrogens is 296 g/mol. The minimum Gasteiger partial charge on any atom is -0.480 e. The maximum absolute atomic E-state index is 12.3. The molecule has 0 saturated heterocycles. The highest BCUT2D eigenvalue weighted by molar-refractivity contribution is 5.84. The van der Waals surface area contributed by atoms with Crippen LogP contribution in [0.15, 0.2) is 24.3 Å². The van der Waals surface area contributed by atoms with Crippen LogP contribution in [0, 0.1) is 0 Å². The van der Waals surface area contributed by atoms with Gasteiger partial charge in [0.2, 0.25) is 11.8 Å². The molecule has 1 aliphatic heterocycles. The summed E-state index contributed by atoms with van der Waals surface area (Å²) in [4.78, 5) is 36.9. The molecule has 0 spiro atoms. The minimum absolute atomic E-state index is 0.0698. The fourth-order valence-corrected chi connectivity index (χ4v) is 3.02. The second-order valence-electron chi connectivity index (χ2n) is 5.75. The predicted molar refractivity (Wildman–Crippen MR) is 84.7 cm³/mol. The fourth-order valence-electron chi connectivity index (χ4n) is 3.02. The summed E-state index contributed by atoms with van der Waals surface area (Å²) >= 11 is 0. The van der Waals surface area contributed by atoms with E-state index < -0.39 is 12.0 Å². The minimum atomic E-state index is -1.05. The van der Waals surface area contributed by atoms with Crippen LogP contribution in [0.25, 0.3) is 0 Å². The van der Waals surface area contributed by atoms with Crippen molar-refractivity contribution in [2.75, 3.05) is 6.54 Å². The standard InChI is InChI=1S/C17H22N2O4/c1-3-14(17(22)23)18-16(21)10-15-13-7-5-4-6-12(13)8-9-19(15)11(2)20/h4-7,14-15H,3,8-10H2,1-2H3,(H,18,21)(H,22,23)/t14-,15-/m1/s1. The van der Waals surface area contributed by atoms with E-state index in [2.05, 4.69) is 5.32 Å². The lowest BCUT2D eigenvalue weighted by molar-refractivity contribution is -0.142. The van der Waals surface area contributed by atoms with Gasteiger partial charge in [-0.2, -0.15) is 0 Å². The predicted octanol–water partition coefficient (Wildman–Crippen LogP) is 1.50. The van der Waals surface area contributed by atoms with Crippen molar-refractivity contribution in [3.8, 4) is 0 Å². The van der Waals surface area contributed by atoms with Crippen molar-refractivity contribution >= 4 is 17.8 Å². The molecule has 2 N–H and O–H groups in total. The molecule has 124 valence electrons. The molecule has 0 bridgehead atoms. The Kier molecular flexibility index (Phi) is 5.36. The Hall–Kier alpha value is -2.37. The first-order valence-corrected chi connectivity index (χ1v) is 7.81. The van der Waals surface area contributed by atoms with E-state index in [1.165, 1.54) is 6.92 Å². The number of nitrogens with zero attached hydrogens (tertiary/aromatic N) is 1. The highest BCUT2D eigenvalue weighted by Gasteiger charge is 2.31. The van der Waals surface area contributed by atoms with Gasteiger partial charge in [0.15, 0.2) is 0 Å². The van der Waals surface area contributed by atoms with E-state index in [1.54, 1.807) is 11.8 Å². The third-order valence-electron chi connectivity index (χ3n) is 4.24. The van der Waals surface area contributed by atoms with Gasteiger partial charge in [0.25, 0.3) is 0 Å². The summed E-state index contributed by atoms with van der Waals surface area (Å²) in [6.07, 6.45) is 1.15. The summed E-state index contributed by atoms with van der Waals surface area (Å²) in [5.74, 6) is -1.48. The molecule has 0 saturated carbocycles. The number of benzene rings is 1. The van der Waals surface area contributed by atoms with Gasteiger partial charge in [0.1, 0.15) is 6.04 Å². The van der Waals surface area contributed by atoms with Crippen LogP contribution in [-0.2, 0) is 20.8 Å². The van der Waals surface area contributed by atoms with Crippen molar-refractivity contribution in [1.29, 1.82) is 0 Å². The van der Waals surface area contributed by atoms with Gasteiger partial charge < -0.3 is 15.3 Å². The van der Waals surface area contributed by atoms with Crippen LogP contribution in [0.4, 0.5) is 0 Å². The molecule has 0 aliphatic carbocycles. The molecule has 2 rings (SSSR count). The van der Waals surface area contributed by atoms with Crippen LogP contribution in [0.1, 0.15) is 43.9 Å². The largest absolute Gasteiger partial charge is 0.480 e. The maximum atomic E-state index is 12.3. The van der Waals surface area contributed by atoms with Gasteiger partial charge in [-0.05, 0) is 24.0 Å². The zero-order valence-electron chi connectivity index (χ0n) is 13.4. The summed E-state index contributed by atoms with van der Waals surface area (Å²) in [7, 11) is 0. The van der Waals surface area contributed by atoms with Crippen LogP contribution in [0.2, 0.25) is 0 Å². The summed E-state index contributed by atoms with van der Waals surface area (Å²) in [6.45, 7) is 3.77. The number of aliphatic carboxylic acids is 1. The smallest absolute Gasteiger partial charge is 0.326 e. The Morgan fingerprint density at radius 2 is 2.04 bits per heavy atom. The first kappa shape index (κ1) is 17.0. The van der Waals surface area contributed by atoms with Crippen LogP contribution in [0.5, 0.6) is 0 Å². The van der Waals surface area contributed by atoms with Gasteiger partial charge in [-0.15, -0.1) is 0 Å². The zero-order chi connectivity index (χ0) is 17.0. The maximum Gasteiger partial charge on any atom is 0.326 e. The quantitative estimate of drug-likeness (QED) is 0.861. The number of fused-ring (bicyclic) bond motifs is 1. The molecule has 6 nitrogen and oxygen atoms in total. The summed E-state index contributed by atoms with van der Waals surface area (Å²) < 4.78 is 0. The van der Waals surface area contributed by atoms with Crippen LogP contribution in [-0.4, -0.2) is 40.4 Å². The number of carbonyl (C=O) groups excluding carboxylic acids is 2. The van der Waals surface area contributed by atoms with Crippen LogP contribution < -0.4 is 5.32 Å². The number of carboxylic acids is 1. The normalized spacial score (nSPS) is 18.0. The van der Waals surface area contributed by atoms with E-state index in [1.807, 2.05) is 24.3 Å². The summed E-state index contributed by atoms with van der Waals surface area (Å²) in [6, 6.07) is 6.52. The molecule has 23 heavy (non-hydrogen) atoms. The number of carbonyl (C=O) groups is 3. The Morgan fingerprint density at radius 1 is 1.35 bits per heavy atom. The number of hydrogen-bond donors (Lipinski definition) is 2. The van der Waals surface area contributed by atoms with E-state index >= 15 is 0 Å². The zero-order valence-corrected chi connectivity index (χ0v) is 13.4. The van der Waals surface area contributed by atoms with Gasteiger partial charge >= 0.3 is 5.97 Å². The van der Waals surface area contributed by atoms with Crippen molar-refractivity contribution in [3.63, 3.8) is 0 Å². The lowest BCUT2D eigenvalue weighted by atomic mass is 9.90. The highest BCUT2D eigenvalue weighted by atomic mass is 16.4. The third-order valence-corrected chi connectivity index (χ3v) is 4.24. The molecule has 2 atom stereocenters. The fraction of sp³-hybridized carbons (Fsp3) is 0.471. The van der Waals surface area contributed by atoms with Gasteiger partial charge in [-0.25, -0.2) is 4.79 Å². The van der Waals surface area contributed by atoms with Crippen molar-refractivity contribution in [3.05, 3.63) is 35.4 Å². The van der Waals surface area contributed by atoms with Gasteiger partial charge in [-0.1, -0.05) is 31.2 Å². The van der Waals surface area contributed by atoms with Crippen LogP contribution >= 0.6 is 0 Å². The molecule has 0 fully saturated rings. The van der Waals surface area contributed by atoms with Crippen molar-refractivity contribution in [2.24, 2.45) is 0 Å².